The molecule has 3 rings (SSSR count). The van der Waals surface area contributed by atoms with E-state index in [1.807, 2.05) is 6.92 Å². The van der Waals surface area contributed by atoms with E-state index in [1.165, 1.54) is 12.1 Å². The Labute approximate surface area is 102 Å². The molecule has 0 saturated heterocycles. The molecule has 0 bridgehead atoms. The maximum Gasteiger partial charge on any atom is 0.238 e. The lowest BCUT2D eigenvalue weighted by molar-refractivity contribution is 0.598. The third-order valence-corrected chi connectivity index (χ3v) is 3.64. The highest BCUT2D eigenvalue weighted by atomic mass is 32.2. The molecule has 0 aliphatic carbocycles. The van der Waals surface area contributed by atoms with Crippen molar-refractivity contribution in [1.29, 1.82) is 0 Å². The van der Waals surface area contributed by atoms with Crippen LogP contribution in [0.5, 0.6) is 0 Å². The van der Waals surface area contributed by atoms with Crippen LogP contribution in [0.25, 0.3) is 21.9 Å². The Balaban J connectivity index is 2.48. The zero-order valence-electron chi connectivity index (χ0n) is 9.38. The van der Waals surface area contributed by atoms with Gasteiger partial charge < -0.3 is 0 Å². The fourth-order valence-corrected chi connectivity index (χ4v) is 2.35. The fourth-order valence-electron chi connectivity index (χ4n) is 1.81. The summed E-state index contributed by atoms with van der Waals surface area (Å²) in [5, 5.41) is 20.7. The van der Waals surface area contributed by atoms with Gasteiger partial charge in [0, 0.05) is 5.39 Å². The molecule has 1 aromatic carbocycles. The van der Waals surface area contributed by atoms with E-state index < -0.39 is 10.0 Å². The summed E-state index contributed by atoms with van der Waals surface area (Å²) in [4.78, 5) is 0.0324. The predicted octanol–water partition coefficient (Wildman–Crippen LogP) is 0.462. The van der Waals surface area contributed by atoms with Gasteiger partial charge in [-0.15, -0.1) is 10.2 Å². The number of benzene rings is 1. The van der Waals surface area contributed by atoms with Gasteiger partial charge in [-0.05, 0) is 25.1 Å². The standard InChI is InChI=1S/C10H9N5O2S/c1-5-9-10(15-12-5)7-4-6(18(11,16)17)2-3-8(7)13-14-9/h2-4H,1H3,(H,12,15)(H2,11,16,17). The molecule has 0 atom stereocenters. The molecule has 2 aromatic heterocycles. The molecule has 3 aromatic rings. The summed E-state index contributed by atoms with van der Waals surface area (Å²) >= 11 is 0. The van der Waals surface area contributed by atoms with Crippen LogP contribution in [0.3, 0.4) is 0 Å². The summed E-state index contributed by atoms with van der Waals surface area (Å²) in [5.74, 6) is 0. The largest absolute Gasteiger partial charge is 0.280 e. The van der Waals surface area contributed by atoms with Crippen molar-refractivity contribution in [1.82, 2.24) is 20.4 Å². The molecular weight excluding hydrogens is 254 g/mol. The lowest BCUT2D eigenvalue weighted by Gasteiger charge is -2.01. The van der Waals surface area contributed by atoms with Crippen molar-refractivity contribution < 1.29 is 8.42 Å². The number of hydrogen-bond donors (Lipinski definition) is 2. The van der Waals surface area contributed by atoms with Crippen LogP contribution in [0.4, 0.5) is 0 Å². The molecule has 2 heterocycles. The van der Waals surface area contributed by atoms with E-state index in [2.05, 4.69) is 20.4 Å². The van der Waals surface area contributed by atoms with Gasteiger partial charge in [0.25, 0.3) is 0 Å². The van der Waals surface area contributed by atoms with Crippen molar-refractivity contribution in [3.8, 4) is 0 Å². The minimum Gasteiger partial charge on any atom is -0.280 e. The number of sulfonamides is 1. The minimum atomic E-state index is -3.74. The molecule has 0 saturated carbocycles. The van der Waals surface area contributed by atoms with E-state index in [0.717, 1.165) is 5.69 Å². The predicted molar refractivity (Wildman–Crippen MR) is 65.3 cm³/mol. The fraction of sp³-hybridized carbons (Fsp3) is 0.100. The first-order valence-corrected chi connectivity index (χ1v) is 6.65. The summed E-state index contributed by atoms with van der Waals surface area (Å²) in [6.45, 7) is 1.82. The second-order valence-electron chi connectivity index (χ2n) is 3.97. The van der Waals surface area contributed by atoms with E-state index in [9.17, 15) is 8.42 Å². The molecular formula is C10H9N5O2S. The molecule has 0 amide bonds. The Kier molecular flexibility index (Phi) is 2.13. The van der Waals surface area contributed by atoms with Crippen molar-refractivity contribution in [3.05, 3.63) is 23.9 Å². The Morgan fingerprint density at radius 1 is 1.22 bits per heavy atom. The molecule has 0 spiro atoms. The molecule has 0 unspecified atom stereocenters. The van der Waals surface area contributed by atoms with Crippen molar-refractivity contribution in [2.75, 3.05) is 0 Å². The highest BCUT2D eigenvalue weighted by molar-refractivity contribution is 7.89. The number of fused-ring (bicyclic) bond motifs is 3. The van der Waals surface area contributed by atoms with E-state index in [4.69, 9.17) is 5.14 Å². The van der Waals surface area contributed by atoms with Crippen LogP contribution in [-0.2, 0) is 10.0 Å². The summed E-state index contributed by atoms with van der Waals surface area (Å²) in [5.41, 5.74) is 2.55. The Morgan fingerprint density at radius 2 is 2.00 bits per heavy atom. The quantitative estimate of drug-likeness (QED) is 0.662. The van der Waals surface area contributed by atoms with Gasteiger partial charge >= 0.3 is 0 Å². The van der Waals surface area contributed by atoms with Crippen LogP contribution >= 0.6 is 0 Å². The number of nitrogens with two attached hydrogens (primary N) is 1. The number of nitrogens with one attached hydrogen (secondary N) is 1. The molecule has 8 heteroatoms. The van der Waals surface area contributed by atoms with Crippen molar-refractivity contribution in [2.24, 2.45) is 5.14 Å². The summed E-state index contributed by atoms with van der Waals surface area (Å²) in [6.07, 6.45) is 0. The van der Waals surface area contributed by atoms with E-state index >= 15 is 0 Å². The monoisotopic (exact) mass is 263 g/mol. The zero-order valence-corrected chi connectivity index (χ0v) is 10.2. The highest BCUT2D eigenvalue weighted by Crippen LogP contribution is 2.23. The van der Waals surface area contributed by atoms with Gasteiger partial charge in [0.15, 0.2) is 0 Å². The van der Waals surface area contributed by atoms with E-state index in [0.29, 0.717) is 21.9 Å². The summed E-state index contributed by atoms with van der Waals surface area (Å²) in [7, 11) is -3.74. The number of hydrogen-bond acceptors (Lipinski definition) is 5. The van der Waals surface area contributed by atoms with Gasteiger partial charge in [0.05, 0.1) is 16.1 Å². The second-order valence-corrected chi connectivity index (χ2v) is 5.53. The summed E-state index contributed by atoms with van der Waals surface area (Å²) in [6, 6.07) is 4.42. The average molecular weight is 263 g/mol. The normalized spacial score (nSPS) is 12.3. The van der Waals surface area contributed by atoms with Crippen LogP contribution in [-0.4, -0.2) is 28.8 Å². The van der Waals surface area contributed by atoms with Crippen molar-refractivity contribution in [3.63, 3.8) is 0 Å². The van der Waals surface area contributed by atoms with Gasteiger partial charge in [-0.1, -0.05) is 0 Å². The third-order valence-electron chi connectivity index (χ3n) is 2.72. The van der Waals surface area contributed by atoms with Gasteiger partial charge in [0.2, 0.25) is 10.0 Å². The van der Waals surface area contributed by atoms with Crippen LogP contribution < -0.4 is 5.14 Å². The number of primary sulfonamides is 1. The maximum atomic E-state index is 11.3. The molecule has 0 aliphatic heterocycles. The van der Waals surface area contributed by atoms with Gasteiger partial charge in [-0.2, -0.15) is 5.10 Å². The molecule has 0 radical (unpaired) electrons. The highest BCUT2D eigenvalue weighted by Gasteiger charge is 2.13. The smallest absolute Gasteiger partial charge is 0.238 e. The Bertz CT molecular complexity index is 868. The van der Waals surface area contributed by atoms with Crippen molar-refractivity contribution in [2.45, 2.75) is 11.8 Å². The molecule has 0 aliphatic rings. The number of rotatable bonds is 1. The van der Waals surface area contributed by atoms with Gasteiger partial charge in [-0.25, -0.2) is 13.6 Å². The van der Waals surface area contributed by atoms with Crippen LogP contribution in [0.1, 0.15) is 5.69 Å². The Hall–Kier alpha value is -2.06. The average Bonchev–Trinajstić information content (AvgIpc) is 2.70. The minimum absolute atomic E-state index is 0.0324. The first-order chi connectivity index (χ1) is 8.47. The molecule has 7 nitrogen and oxygen atoms in total. The Morgan fingerprint density at radius 3 is 2.72 bits per heavy atom. The van der Waals surface area contributed by atoms with Crippen molar-refractivity contribution >= 4 is 32.0 Å². The molecule has 3 N–H and O–H groups in total. The van der Waals surface area contributed by atoms with Crippen LogP contribution in [0, 0.1) is 6.92 Å². The SMILES string of the molecule is Cc1[nH]nc2c1nnc1ccc(S(N)(=O)=O)cc12. The third kappa shape index (κ3) is 1.54. The maximum absolute atomic E-state index is 11.3. The van der Waals surface area contributed by atoms with Gasteiger partial charge in [0.1, 0.15) is 11.0 Å². The number of aromatic amines is 1. The zero-order chi connectivity index (χ0) is 12.9. The first-order valence-electron chi connectivity index (χ1n) is 5.11. The second kappa shape index (κ2) is 3.47. The van der Waals surface area contributed by atoms with Gasteiger partial charge in [-0.3, -0.25) is 5.10 Å². The number of nitrogens with zero attached hydrogens (tertiary/aromatic N) is 3. The summed E-state index contributed by atoms with van der Waals surface area (Å²) < 4.78 is 22.7. The van der Waals surface area contributed by atoms with E-state index in [1.54, 1.807) is 6.07 Å². The van der Waals surface area contributed by atoms with Crippen LogP contribution in [0.2, 0.25) is 0 Å². The van der Waals surface area contributed by atoms with E-state index in [-0.39, 0.29) is 4.90 Å². The lowest BCUT2D eigenvalue weighted by Crippen LogP contribution is -2.11. The topological polar surface area (TPSA) is 115 Å². The number of H-pyrrole nitrogens is 1. The molecule has 0 fully saturated rings. The number of aromatic nitrogens is 4. The molecule has 18 heavy (non-hydrogen) atoms. The van der Waals surface area contributed by atoms with Crippen LogP contribution in [0.15, 0.2) is 23.1 Å². The lowest BCUT2D eigenvalue weighted by atomic mass is 10.2. The molecule has 92 valence electrons. The first kappa shape index (κ1) is 11.1. The number of aryl methyl sites for hydroxylation is 1.